The summed E-state index contributed by atoms with van der Waals surface area (Å²) < 4.78 is 13.0. The molecule has 32 heavy (non-hydrogen) atoms. The number of thioether (sulfide) groups is 1. The molecule has 0 bridgehead atoms. The number of amides is 1. The summed E-state index contributed by atoms with van der Waals surface area (Å²) in [4.78, 5) is 32.4. The Balaban J connectivity index is 1.43. The largest absolute Gasteiger partial charge is 0.347 e. The summed E-state index contributed by atoms with van der Waals surface area (Å²) in [6, 6.07) is 7.52. The Hall–Kier alpha value is -1.87. The molecule has 2 aliphatic heterocycles. The maximum Gasteiger partial charge on any atom is 0.257 e. The summed E-state index contributed by atoms with van der Waals surface area (Å²) in [6.07, 6.45) is 2.51. The van der Waals surface area contributed by atoms with Gasteiger partial charge < -0.3 is 14.4 Å². The number of aryl methyl sites for hydroxylation is 1. The standard InChI is InChI=1S/C23H28ClN3O4S/c1-3-19-18(14-16-5-4-6-17(24)13-16)21(29)26(2)22(25-19)32-15-20(28)27-9-7-23(8-10-27)30-11-12-31-23/h4-6,13H,3,7-12,14-15H2,1-2H3. The molecular formula is C23H28ClN3O4S. The molecule has 0 aliphatic carbocycles. The fraction of sp³-hybridized carbons (Fsp3) is 0.522. The lowest BCUT2D eigenvalue weighted by atomic mass is 10.0. The van der Waals surface area contributed by atoms with Crippen LogP contribution in [0.2, 0.25) is 5.02 Å². The zero-order valence-electron chi connectivity index (χ0n) is 18.4. The third-order valence-electron chi connectivity index (χ3n) is 6.05. The van der Waals surface area contributed by atoms with Crippen molar-refractivity contribution in [3.8, 4) is 0 Å². The van der Waals surface area contributed by atoms with Crippen LogP contribution in [-0.4, -0.2) is 58.2 Å². The molecule has 2 aromatic rings. The summed E-state index contributed by atoms with van der Waals surface area (Å²) in [6.45, 7) is 4.46. The van der Waals surface area contributed by atoms with Crippen LogP contribution in [0.25, 0.3) is 0 Å². The molecule has 172 valence electrons. The normalized spacial score (nSPS) is 17.8. The number of halogens is 1. The fourth-order valence-corrected chi connectivity index (χ4v) is 5.32. The number of likely N-dealkylation sites (tertiary alicyclic amines) is 1. The van der Waals surface area contributed by atoms with Gasteiger partial charge in [0.05, 0.1) is 24.7 Å². The summed E-state index contributed by atoms with van der Waals surface area (Å²) in [7, 11) is 1.71. The molecule has 2 aliphatic rings. The van der Waals surface area contributed by atoms with Gasteiger partial charge in [-0.1, -0.05) is 42.4 Å². The van der Waals surface area contributed by atoms with Crippen LogP contribution >= 0.6 is 23.4 Å². The van der Waals surface area contributed by atoms with Gasteiger partial charge in [-0.25, -0.2) is 4.98 Å². The first kappa shape index (κ1) is 23.3. The smallest absolute Gasteiger partial charge is 0.257 e. The first-order valence-corrected chi connectivity index (χ1v) is 12.3. The average molecular weight is 478 g/mol. The van der Waals surface area contributed by atoms with Gasteiger partial charge in [-0.15, -0.1) is 0 Å². The Morgan fingerprint density at radius 1 is 1.25 bits per heavy atom. The van der Waals surface area contributed by atoms with E-state index in [9.17, 15) is 9.59 Å². The van der Waals surface area contributed by atoms with E-state index in [1.165, 1.54) is 11.8 Å². The van der Waals surface area contributed by atoms with E-state index >= 15 is 0 Å². The van der Waals surface area contributed by atoms with Gasteiger partial charge in [0.2, 0.25) is 5.91 Å². The number of nitrogens with zero attached hydrogens (tertiary/aromatic N) is 3. The number of rotatable bonds is 6. The van der Waals surface area contributed by atoms with Crippen molar-refractivity contribution < 1.29 is 14.3 Å². The molecule has 4 rings (SSSR count). The van der Waals surface area contributed by atoms with Crippen LogP contribution in [0.5, 0.6) is 0 Å². The van der Waals surface area contributed by atoms with Gasteiger partial charge in [0.1, 0.15) is 0 Å². The molecule has 0 N–H and O–H groups in total. The fourth-order valence-electron chi connectivity index (χ4n) is 4.22. The molecule has 1 spiro atoms. The van der Waals surface area contributed by atoms with Crippen LogP contribution in [0.15, 0.2) is 34.2 Å². The Bertz CT molecular complexity index is 1040. The minimum atomic E-state index is -0.496. The molecule has 0 radical (unpaired) electrons. The molecule has 1 amide bonds. The molecule has 9 heteroatoms. The first-order valence-electron chi connectivity index (χ1n) is 10.9. The van der Waals surface area contributed by atoms with Gasteiger partial charge in [-0.2, -0.15) is 0 Å². The first-order chi connectivity index (χ1) is 15.4. The second-order valence-electron chi connectivity index (χ2n) is 8.12. The monoisotopic (exact) mass is 477 g/mol. The minimum Gasteiger partial charge on any atom is -0.347 e. The Labute approximate surface area is 197 Å². The highest BCUT2D eigenvalue weighted by Crippen LogP contribution is 2.31. The highest BCUT2D eigenvalue weighted by Gasteiger charge is 2.40. The third-order valence-corrected chi connectivity index (χ3v) is 7.30. The molecule has 0 unspecified atom stereocenters. The van der Waals surface area contributed by atoms with Crippen LogP contribution < -0.4 is 5.56 Å². The van der Waals surface area contributed by atoms with E-state index < -0.39 is 5.79 Å². The van der Waals surface area contributed by atoms with E-state index in [0.717, 1.165) is 11.3 Å². The predicted molar refractivity (Wildman–Crippen MR) is 124 cm³/mol. The maximum absolute atomic E-state index is 13.1. The van der Waals surface area contributed by atoms with Crippen molar-refractivity contribution in [3.63, 3.8) is 0 Å². The zero-order chi connectivity index (χ0) is 22.7. The summed E-state index contributed by atoms with van der Waals surface area (Å²) in [5.74, 6) is -0.214. The number of piperidine rings is 1. The lowest BCUT2D eigenvalue weighted by molar-refractivity contribution is -0.186. The van der Waals surface area contributed by atoms with Crippen LogP contribution in [0, 0.1) is 0 Å². The molecular weight excluding hydrogens is 450 g/mol. The molecule has 0 saturated carbocycles. The van der Waals surface area contributed by atoms with Crippen LogP contribution in [0.1, 0.15) is 36.6 Å². The zero-order valence-corrected chi connectivity index (χ0v) is 20.0. The molecule has 0 atom stereocenters. The second kappa shape index (κ2) is 9.95. The number of benzene rings is 1. The van der Waals surface area contributed by atoms with Gasteiger partial charge in [-0.3, -0.25) is 14.2 Å². The van der Waals surface area contributed by atoms with Crippen molar-refractivity contribution in [1.29, 1.82) is 0 Å². The van der Waals surface area contributed by atoms with Gasteiger partial charge in [-0.05, 0) is 24.1 Å². The summed E-state index contributed by atoms with van der Waals surface area (Å²) in [5, 5.41) is 1.21. The highest BCUT2D eigenvalue weighted by molar-refractivity contribution is 7.99. The Morgan fingerprint density at radius 3 is 2.62 bits per heavy atom. The highest BCUT2D eigenvalue weighted by atomic mass is 35.5. The van der Waals surface area contributed by atoms with Crippen molar-refractivity contribution in [2.24, 2.45) is 7.05 Å². The number of hydrogen-bond donors (Lipinski definition) is 0. The van der Waals surface area contributed by atoms with Crippen molar-refractivity contribution in [1.82, 2.24) is 14.5 Å². The average Bonchev–Trinajstić information content (AvgIpc) is 3.24. The Morgan fingerprint density at radius 2 is 1.97 bits per heavy atom. The Kier molecular flexibility index (Phi) is 7.24. The van der Waals surface area contributed by atoms with E-state index in [-0.39, 0.29) is 17.2 Å². The van der Waals surface area contributed by atoms with Crippen LogP contribution in [-0.2, 0) is 34.2 Å². The van der Waals surface area contributed by atoms with Crippen molar-refractivity contribution >= 4 is 29.3 Å². The predicted octanol–water partition coefficient (Wildman–Crippen LogP) is 3.04. The third kappa shape index (κ3) is 5.03. The topological polar surface area (TPSA) is 73.7 Å². The summed E-state index contributed by atoms with van der Waals surface area (Å²) >= 11 is 7.41. The van der Waals surface area contributed by atoms with E-state index in [0.29, 0.717) is 67.7 Å². The van der Waals surface area contributed by atoms with Crippen LogP contribution in [0.4, 0.5) is 0 Å². The molecule has 1 aromatic heterocycles. The van der Waals surface area contributed by atoms with Crippen molar-refractivity contribution in [3.05, 3.63) is 56.5 Å². The number of hydrogen-bond acceptors (Lipinski definition) is 6. The lowest BCUT2D eigenvalue weighted by Crippen LogP contribution is -2.47. The number of aromatic nitrogens is 2. The van der Waals surface area contributed by atoms with E-state index in [4.69, 9.17) is 26.1 Å². The van der Waals surface area contributed by atoms with Gasteiger partial charge in [0, 0.05) is 50.0 Å². The quantitative estimate of drug-likeness (QED) is 0.470. The molecule has 3 heterocycles. The lowest BCUT2D eigenvalue weighted by Gasteiger charge is -2.37. The minimum absolute atomic E-state index is 0.0400. The maximum atomic E-state index is 13.1. The van der Waals surface area contributed by atoms with E-state index in [1.807, 2.05) is 36.1 Å². The number of carbonyl (C=O) groups is 1. The van der Waals surface area contributed by atoms with Gasteiger partial charge >= 0.3 is 0 Å². The van der Waals surface area contributed by atoms with Crippen molar-refractivity contribution in [2.75, 3.05) is 32.1 Å². The molecule has 1 aromatic carbocycles. The number of ether oxygens (including phenoxy) is 2. The second-order valence-corrected chi connectivity index (χ2v) is 9.50. The molecule has 7 nitrogen and oxygen atoms in total. The number of carbonyl (C=O) groups excluding carboxylic acids is 1. The van der Waals surface area contributed by atoms with Gasteiger partial charge in [0.25, 0.3) is 5.56 Å². The molecule has 2 fully saturated rings. The molecule has 2 saturated heterocycles. The SMILES string of the molecule is CCc1nc(SCC(=O)N2CCC3(CC2)OCCO3)n(C)c(=O)c1Cc1cccc(Cl)c1. The summed E-state index contributed by atoms with van der Waals surface area (Å²) in [5.41, 5.74) is 2.33. The van der Waals surface area contributed by atoms with E-state index in [2.05, 4.69) is 0 Å². The van der Waals surface area contributed by atoms with Crippen LogP contribution in [0.3, 0.4) is 0 Å². The van der Waals surface area contributed by atoms with E-state index in [1.54, 1.807) is 11.6 Å². The van der Waals surface area contributed by atoms with Gasteiger partial charge in [0.15, 0.2) is 10.9 Å². The van der Waals surface area contributed by atoms with Crippen molar-refractivity contribution in [2.45, 2.75) is 43.6 Å².